The average molecular weight is 316 g/mol. The highest BCUT2D eigenvalue weighted by molar-refractivity contribution is 7.89. The van der Waals surface area contributed by atoms with E-state index < -0.39 is 15.3 Å². The summed E-state index contributed by atoms with van der Waals surface area (Å²) >= 11 is 5.37. The zero-order valence-corrected chi connectivity index (χ0v) is 13.1. The van der Waals surface area contributed by atoms with Crippen molar-refractivity contribution in [1.29, 1.82) is 0 Å². The van der Waals surface area contributed by atoms with Gasteiger partial charge in [0.05, 0.1) is 4.90 Å². The Labute approximate surface area is 124 Å². The number of benzene rings is 1. The summed E-state index contributed by atoms with van der Waals surface area (Å²) in [7, 11) is -3.52. The maximum atomic E-state index is 12.7. The first-order chi connectivity index (χ1) is 9.34. The Hall–Kier alpha value is -0.910. The first kappa shape index (κ1) is 15.5. The van der Waals surface area contributed by atoms with E-state index in [1.54, 1.807) is 4.31 Å². The molecular formula is C14H18ClNO3S. The van der Waals surface area contributed by atoms with Crippen molar-refractivity contribution in [2.24, 2.45) is 0 Å². The summed E-state index contributed by atoms with van der Waals surface area (Å²) in [5, 5.41) is -0.589. The predicted molar refractivity (Wildman–Crippen MR) is 78.4 cm³/mol. The maximum absolute atomic E-state index is 12.7. The van der Waals surface area contributed by atoms with Crippen LogP contribution in [0.2, 0.25) is 0 Å². The highest BCUT2D eigenvalue weighted by atomic mass is 35.5. The van der Waals surface area contributed by atoms with E-state index in [4.69, 9.17) is 11.6 Å². The van der Waals surface area contributed by atoms with Crippen molar-refractivity contribution in [1.82, 2.24) is 4.31 Å². The standard InChI is InChI=1S/C14H18ClNO3S/c1-10-4-3-5-11(2)16(10)20(18,19)13-8-6-12(7-9-13)14(15)17/h6-11H,3-5H2,1-2H3. The number of sulfonamides is 1. The lowest BCUT2D eigenvalue weighted by Crippen LogP contribution is -2.47. The average Bonchev–Trinajstić information content (AvgIpc) is 2.38. The van der Waals surface area contributed by atoms with Crippen LogP contribution in [0.5, 0.6) is 0 Å². The van der Waals surface area contributed by atoms with Crippen LogP contribution in [0.3, 0.4) is 0 Å². The number of nitrogens with zero attached hydrogens (tertiary/aromatic N) is 1. The molecule has 2 atom stereocenters. The second-order valence-corrected chi connectivity index (χ2v) is 7.45. The SMILES string of the molecule is CC1CCCC(C)N1S(=O)(=O)c1ccc(C(=O)Cl)cc1. The Kier molecular flexibility index (Phi) is 4.52. The van der Waals surface area contributed by atoms with E-state index in [0.29, 0.717) is 5.56 Å². The van der Waals surface area contributed by atoms with Crippen LogP contribution in [0, 0.1) is 0 Å². The first-order valence-electron chi connectivity index (χ1n) is 6.67. The van der Waals surface area contributed by atoms with Gasteiger partial charge < -0.3 is 0 Å². The van der Waals surface area contributed by atoms with E-state index in [1.165, 1.54) is 24.3 Å². The molecule has 20 heavy (non-hydrogen) atoms. The lowest BCUT2D eigenvalue weighted by atomic mass is 10.0. The predicted octanol–water partition coefficient (Wildman–Crippen LogP) is 3.02. The summed E-state index contributed by atoms with van der Waals surface area (Å²) in [4.78, 5) is 11.2. The molecule has 1 fully saturated rings. The molecule has 2 unspecified atom stereocenters. The summed E-state index contributed by atoms with van der Waals surface area (Å²) in [6.07, 6.45) is 2.80. The second kappa shape index (κ2) is 5.84. The number of rotatable bonds is 3. The normalized spacial score (nSPS) is 24.6. The van der Waals surface area contributed by atoms with Gasteiger partial charge in [0.25, 0.3) is 5.24 Å². The third kappa shape index (κ3) is 2.90. The number of hydrogen-bond acceptors (Lipinski definition) is 3. The summed E-state index contributed by atoms with van der Waals surface area (Å²) in [6.45, 7) is 3.87. The van der Waals surface area contributed by atoms with Gasteiger partial charge in [-0.1, -0.05) is 6.42 Å². The molecule has 1 aliphatic heterocycles. The van der Waals surface area contributed by atoms with Gasteiger partial charge in [0.15, 0.2) is 0 Å². The van der Waals surface area contributed by atoms with Crippen molar-refractivity contribution in [3.63, 3.8) is 0 Å². The van der Waals surface area contributed by atoms with E-state index in [1.807, 2.05) is 13.8 Å². The Morgan fingerprint density at radius 2 is 1.65 bits per heavy atom. The summed E-state index contributed by atoms with van der Waals surface area (Å²) < 4.78 is 27.0. The van der Waals surface area contributed by atoms with Crippen LogP contribution in [-0.2, 0) is 10.0 Å². The van der Waals surface area contributed by atoms with Crippen LogP contribution in [0.25, 0.3) is 0 Å². The Morgan fingerprint density at radius 1 is 1.15 bits per heavy atom. The molecule has 6 heteroatoms. The van der Waals surface area contributed by atoms with Crippen LogP contribution < -0.4 is 0 Å². The van der Waals surface area contributed by atoms with Gasteiger partial charge >= 0.3 is 0 Å². The van der Waals surface area contributed by atoms with Crippen LogP contribution in [0.15, 0.2) is 29.2 Å². The van der Waals surface area contributed by atoms with Crippen molar-refractivity contribution in [2.45, 2.75) is 50.1 Å². The molecule has 0 amide bonds. The maximum Gasteiger partial charge on any atom is 0.252 e. The number of carbonyl (C=O) groups is 1. The van der Waals surface area contributed by atoms with Gasteiger partial charge in [-0.2, -0.15) is 4.31 Å². The smallest absolute Gasteiger partial charge is 0.252 e. The molecular weight excluding hydrogens is 298 g/mol. The third-order valence-corrected chi connectivity index (χ3v) is 6.13. The van der Waals surface area contributed by atoms with Crippen molar-refractivity contribution >= 4 is 26.9 Å². The van der Waals surface area contributed by atoms with Gasteiger partial charge in [0.1, 0.15) is 0 Å². The molecule has 1 saturated heterocycles. The van der Waals surface area contributed by atoms with Gasteiger partial charge in [-0.05, 0) is 62.6 Å². The van der Waals surface area contributed by atoms with Crippen molar-refractivity contribution in [3.8, 4) is 0 Å². The molecule has 2 rings (SSSR count). The summed E-state index contributed by atoms with van der Waals surface area (Å²) in [5.74, 6) is 0. The quantitative estimate of drug-likeness (QED) is 0.806. The number of carbonyl (C=O) groups excluding carboxylic acids is 1. The fourth-order valence-corrected chi connectivity index (χ4v) is 4.76. The van der Waals surface area contributed by atoms with Gasteiger partial charge in [0, 0.05) is 17.6 Å². The monoisotopic (exact) mass is 315 g/mol. The highest BCUT2D eigenvalue weighted by Gasteiger charge is 2.35. The molecule has 0 radical (unpaired) electrons. The van der Waals surface area contributed by atoms with Crippen molar-refractivity contribution < 1.29 is 13.2 Å². The fourth-order valence-electron chi connectivity index (χ4n) is 2.75. The minimum absolute atomic E-state index is 0.00177. The van der Waals surface area contributed by atoms with E-state index >= 15 is 0 Å². The fraction of sp³-hybridized carbons (Fsp3) is 0.500. The topological polar surface area (TPSA) is 54.5 Å². The van der Waals surface area contributed by atoms with Gasteiger partial charge in [0.2, 0.25) is 10.0 Å². The number of hydrogen-bond donors (Lipinski definition) is 0. The number of halogens is 1. The van der Waals surface area contributed by atoms with Crippen molar-refractivity contribution in [3.05, 3.63) is 29.8 Å². The molecule has 1 heterocycles. The molecule has 110 valence electrons. The molecule has 0 N–H and O–H groups in total. The lowest BCUT2D eigenvalue weighted by Gasteiger charge is -2.37. The molecule has 0 aromatic heterocycles. The summed E-state index contributed by atoms with van der Waals surface area (Å²) in [5.41, 5.74) is 0.297. The van der Waals surface area contributed by atoms with Gasteiger partial charge in [-0.15, -0.1) is 0 Å². The minimum atomic E-state index is -3.52. The van der Waals surface area contributed by atoms with Crippen LogP contribution in [0.4, 0.5) is 0 Å². The second-order valence-electron chi connectivity index (χ2n) is 5.26. The summed E-state index contributed by atoms with van der Waals surface area (Å²) in [6, 6.07) is 5.78. The van der Waals surface area contributed by atoms with Gasteiger partial charge in [-0.3, -0.25) is 4.79 Å². The van der Waals surface area contributed by atoms with Crippen LogP contribution in [0.1, 0.15) is 43.5 Å². The molecule has 4 nitrogen and oxygen atoms in total. The zero-order valence-electron chi connectivity index (χ0n) is 11.5. The molecule has 0 aliphatic carbocycles. The van der Waals surface area contributed by atoms with Crippen LogP contribution in [-0.4, -0.2) is 30.0 Å². The number of piperidine rings is 1. The third-order valence-electron chi connectivity index (χ3n) is 3.77. The largest absolute Gasteiger partial charge is 0.276 e. The molecule has 1 aromatic carbocycles. The Bertz CT molecular complexity index is 587. The molecule has 0 spiro atoms. The Balaban J connectivity index is 2.36. The minimum Gasteiger partial charge on any atom is -0.276 e. The molecule has 0 bridgehead atoms. The zero-order chi connectivity index (χ0) is 14.9. The Morgan fingerprint density at radius 3 is 2.10 bits per heavy atom. The highest BCUT2D eigenvalue weighted by Crippen LogP contribution is 2.29. The van der Waals surface area contributed by atoms with Crippen molar-refractivity contribution in [2.75, 3.05) is 0 Å². The van der Waals surface area contributed by atoms with Crippen LogP contribution >= 0.6 is 11.6 Å². The van der Waals surface area contributed by atoms with Gasteiger partial charge in [-0.25, -0.2) is 8.42 Å². The van der Waals surface area contributed by atoms with E-state index in [0.717, 1.165) is 19.3 Å². The molecule has 0 saturated carbocycles. The lowest BCUT2D eigenvalue weighted by molar-refractivity contribution is 0.108. The van der Waals surface area contributed by atoms with E-state index in [2.05, 4.69) is 0 Å². The van der Waals surface area contributed by atoms with E-state index in [9.17, 15) is 13.2 Å². The molecule has 1 aliphatic rings. The molecule has 1 aromatic rings. The first-order valence-corrected chi connectivity index (χ1v) is 8.49. The van der Waals surface area contributed by atoms with E-state index in [-0.39, 0.29) is 17.0 Å².